The van der Waals surface area contributed by atoms with E-state index in [1.165, 1.54) is 19.1 Å². The van der Waals surface area contributed by atoms with Crippen molar-refractivity contribution in [3.63, 3.8) is 0 Å². The summed E-state index contributed by atoms with van der Waals surface area (Å²) in [6.07, 6.45) is 5.05. The fraction of sp³-hybridized carbons (Fsp3) is 0.545. The van der Waals surface area contributed by atoms with Crippen molar-refractivity contribution >= 4 is 5.91 Å². The second-order valence-electron chi connectivity index (χ2n) is 3.84. The molecule has 2 unspecified atom stereocenters. The lowest BCUT2D eigenvalue weighted by Crippen LogP contribution is -2.26. The molecule has 3 nitrogen and oxygen atoms in total. The molecule has 1 amide bonds. The maximum Gasteiger partial charge on any atom is 0.287 e. The number of hydrogen-bond donors (Lipinski definition) is 1. The molecule has 14 heavy (non-hydrogen) atoms. The fourth-order valence-corrected chi connectivity index (χ4v) is 1.76. The van der Waals surface area contributed by atoms with Crippen molar-refractivity contribution in [1.82, 2.24) is 5.32 Å². The van der Waals surface area contributed by atoms with Crippen LogP contribution in [0.4, 0.5) is 0 Å². The molecule has 0 aliphatic heterocycles. The van der Waals surface area contributed by atoms with Crippen LogP contribution in [0, 0.1) is 5.92 Å². The van der Waals surface area contributed by atoms with E-state index in [9.17, 15) is 4.79 Å². The second-order valence-corrected chi connectivity index (χ2v) is 3.84. The summed E-state index contributed by atoms with van der Waals surface area (Å²) in [7, 11) is 0. The Morgan fingerprint density at radius 2 is 2.57 bits per heavy atom. The average molecular weight is 193 g/mol. The summed E-state index contributed by atoms with van der Waals surface area (Å²) in [5, 5.41) is 2.96. The van der Waals surface area contributed by atoms with Crippen molar-refractivity contribution in [2.45, 2.75) is 32.2 Å². The molecular weight excluding hydrogens is 178 g/mol. The highest BCUT2D eigenvalue weighted by molar-refractivity contribution is 5.91. The van der Waals surface area contributed by atoms with Gasteiger partial charge in [-0.25, -0.2) is 0 Å². The van der Waals surface area contributed by atoms with Crippen LogP contribution in [0.15, 0.2) is 22.8 Å². The van der Waals surface area contributed by atoms with Crippen LogP contribution >= 0.6 is 0 Å². The lowest BCUT2D eigenvalue weighted by atomic mass is 10.2. The van der Waals surface area contributed by atoms with Crippen LogP contribution in [0.1, 0.15) is 36.7 Å². The molecule has 1 fully saturated rings. The van der Waals surface area contributed by atoms with E-state index in [-0.39, 0.29) is 5.91 Å². The number of carbonyl (C=O) groups excluding carboxylic acids is 1. The third kappa shape index (κ3) is 1.97. The van der Waals surface area contributed by atoms with Crippen molar-refractivity contribution < 1.29 is 9.21 Å². The van der Waals surface area contributed by atoms with Crippen LogP contribution in [-0.4, -0.2) is 11.9 Å². The monoisotopic (exact) mass is 193 g/mol. The van der Waals surface area contributed by atoms with Gasteiger partial charge in [-0.1, -0.05) is 13.3 Å². The van der Waals surface area contributed by atoms with Crippen LogP contribution in [0.3, 0.4) is 0 Å². The number of nitrogens with one attached hydrogen (secondary N) is 1. The molecule has 76 valence electrons. The number of carbonyl (C=O) groups is 1. The van der Waals surface area contributed by atoms with E-state index in [0.29, 0.717) is 17.7 Å². The van der Waals surface area contributed by atoms with E-state index in [1.807, 2.05) is 0 Å². The summed E-state index contributed by atoms with van der Waals surface area (Å²) in [6, 6.07) is 3.80. The summed E-state index contributed by atoms with van der Waals surface area (Å²) in [5.74, 6) is 1.02. The zero-order chi connectivity index (χ0) is 9.97. The van der Waals surface area contributed by atoms with E-state index < -0.39 is 0 Å². The minimum absolute atomic E-state index is 0.0846. The van der Waals surface area contributed by atoms with Crippen LogP contribution in [-0.2, 0) is 0 Å². The van der Waals surface area contributed by atoms with Crippen LogP contribution in [0.25, 0.3) is 0 Å². The SMILES string of the molecule is CCCC1CC1NC(=O)c1ccco1. The van der Waals surface area contributed by atoms with Gasteiger partial charge < -0.3 is 9.73 Å². The van der Waals surface area contributed by atoms with Gasteiger partial charge in [-0.05, 0) is 30.9 Å². The summed E-state index contributed by atoms with van der Waals surface area (Å²) in [4.78, 5) is 11.5. The van der Waals surface area contributed by atoms with Crippen LogP contribution in [0.2, 0.25) is 0 Å². The third-order valence-electron chi connectivity index (χ3n) is 2.64. The quantitative estimate of drug-likeness (QED) is 0.796. The van der Waals surface area contributed by atoms with E-state index in [0.717, 1.165) is 6.42 Å². The van der Waals surface area contributed by atoms with Gasteiger partial charge in [0.2, 0.25) is 0 Å². The van der Waals surface area contributed by atoms with Crippen molar-refractivity contribution in [3.05, 3.63) is 24.2 Å². The van der Waals surface area contributed by atoms with Crippen molar-refractivity contribution in [3.8, 4) is 0 Å². The molecule has 1 heterocycles. The molecule has 3 heteroatoms. The highest BCUT2D eigenvalue weighted by Gasteiger charge is 2.37. The van der Waals surface area contributed by atoms with E-state index in [4.69, 9.17) is 4.42 Å². The van der Waals surface area contributed by atoms with Crippen molar-refractivity contribution in [1.29, 1.82) is 0 Å². The van der Waals surface area contributed by atoms with Gasteiger partial charge in [-0.2, -0.15) is 0 Å². The molecule has 0 saturated heterocycles. The predicted octanol–water partition coefficient (Wildman–Crippen LogP) is 2.20. The van der Waals surface area contributed by atoms with Gasteiger partial charge in [-0.3, -0.25) is 4.79 Å². The van der Waals surface area contributed by atoms with Crippen LogP contribution < -0.4 is 5.32 Å². The second kappa shape index (κ2) is 3.86. The smallest absolute Gasteiger partial charge is 0.287 e. The Hall–Kier alpha value is -1.25. The first-order valence-corrected chi connectivity index (χ1v) is 5.15. The van der Waals surface area contributed by atoms with Crippen molar-refractivity contribution in [2.24, 2.45) is 5.92 Å². The maximum atomic E-state index is 11.5. The summed E-state index contributed by atoms with van der Waals surface area (Å²) >= 11 is 0. The van der Waals surface area contributed by atoms with Gasteiger partial charge in [-0.15, -0.1) is 0 Å². The number of amides is 1. The summed E-state index contributed by atoms with van der Waals surface area (Å²) in [6.45, 7) is 2.17. The van der Waals surface area contributed by atoms with Gasteiger partial charge >= 0.3 is 0 Å². The number of hydrogen-bond acceptors (Lipinski definition) is 2. The molecule has 1 aliphatic carbocycles. The Morgan fingerprint density at radius 3 is 3.21 bits per heavy atom. The molecule has 0 bridgehead atoms. The Kier molecular flexibility index (Phi) is 2.57. The molecule has 1 saturated carbocycles. The molecule has 2 atom stereocenters. The summed E-state index contributed by atoms with van der Waals surface area (Å²) in [5.41, 5.74) is 0. The molecule has 1 N–H and O–H groups in total. The number of furan rings is 1. The zero-order valence-electron chi connectivity index (χ0n) is 8.32. The topological polar surface area (TPSA) is 42.2 Å². The molecule has 1 aromatic heterocycles. The Bertz CT molecular complexity index is 305. The largest absolute Gasteiger partial charge is 0.459 e. The molecular formula is C11H15NO2. The van der Waals surface area contributed by atoms with Gasteiger partial charge in [0, 0.05) is 6.04 Å². The maximum absolute atomic E-state index is 11.5. The third-order valence-corrected chi connectivity index (χ3v) is 2.64. The first-order valence-electron chi connectivity index (χ1n) is 5.15. The molecule has 0 spiro atoms. The molecule has 1 aliphatic rings. The van der Waals surface area contributed by atoms with Crippen LogP contribution in [0.5, 0.6) is 0 Å². The predicted molar refractivity (Wildman–Crippen MR) is 53.0 cm³/mol. The minimum atomic E-state index is -0.0846. The molecule has 0 radical (unpaired) electrons. The lowest BCUT2D eigenvalue weighted by molar-refractivity contribution is 0.0921. The Morgan fingerprint density at radius 1 is 1.71 bits per heavy atom. The fourth-order valence-electron chi connectivity index (χ4n) is 1.76. The van der Waals surface area contributed by atoms with E-state index in [2.05, 4.69) is 12.2 Å². The van der Waals surface area contributed by atoms with Crippen molar-refractivity contribution in [2.75, 3.05) is 0 Å². The first-order chi connectivity index (χ1) is 6.81. The minimum Gasteiger partial charge on any atom is -0.459 e. The van der Waals surface area contributed by atoms with Gasteiger partial charge in [0.25, 0.3) is 5.91 Å². The highest BCUT2D eigenvalue weighted by atomic mass is 16.3. The van der Waals surface area contributed by atoms with Gasteiger partial charge in [0.15, 0.2) is 5.76 Å². The standard InChI is InChI=1S/C11H15NO2/c1-2-4-8-7-9(8)12-11(13)10-5-3-6-14-10/h3,5-6,8-9H,2,4,7H2,1H3,(H,12,13). The van der Waals surface area contributed by atoms with E-state index >= 15 is 0 Å². The summed E-state index contributed by atoms with van der Waals surface area (Å²) < 4.78 is 5.01. The van der Waals surface area contributed by atoms with E-state index in [1.54, 1.807) is 12.1 Å². The lowest BCUT2D eigenvalue weighted by Gasteiger charge is -2.00. The van der Waals surface area contributed by atoms with Gasteiger partial charge in [0.1, 0.15) is 0 Å². The Labute approximate surface area is 83.5 Å². The first kappa shape index (κ1) is 9.31. The molecule has 1 aromatic rings. The Balaban J connectivity index is 1.80. The molecule has 2 rings (SSSR count). The zero-order valence-corrected chi connectivity index (χ0v) is 8.32. The average Bonchev–Trinajstić information content (AvgIpc) is 2.71. The normalized spacial score (nSPS) is 24.6. The number of rotatable bonds is 4. The van der Waals surface area contributed by atoms with Gasteiger partial charge in [0.05, 0.1) is 6.26 Å². The highest BCUT2D eigenvalue weighted by Crippen LogP contribution is 2.34. The molecule has 0 aromatic carbocycles.